The number of carbonyl (C=O) groups excluding carboxylic acids is 1. The molecule has 0 aliphatic heterocycles. The van der Waals surface area contributed by atoms with E-state index in [1.807, 2.05) is 60.7 Å². The lowest BCUT2D eigenvalue weighted by molar-refractivity contribution is 0.0961. The molecule has 0 spiro atoms. The second-order valence-electron chi connectivity index (χ2n) is 6.78. The molecular formula is C23H17N7O2. The zero-order valence-corrected chi connectivity index (χ0v) is 16.7. The van der Waals surface area contributed by atoms with Gasteiger partial charge in [0.2, 0.25) is 5.82 Å². The van der Waals surface area contributed by atoms with Gasteiger partial charge in [-0.2, -0.15) is 10.1 Å². The van der Waals surface area contributed by atoms with E-state index < -0.39 is 5.91 Å². The Kier molecular flexibility index (Phi) is 5.11. The zero-order chi connectivity index (χ0) is 21.8. The number of amides is 1. The molecule has 0 saturated carbocycles. The van der Waals surface area contributed by atoms with Gasteiger partial charge in [-0.05, 0) is 24.3 Å². The van der Waals surface area contributed by atoms with Crippen molar-refractivity contribution in [2.45, 2.75) is 0 Å². The fourth-order valence-corrected chi connectivity index (χ4v) is 3.13. The lowest BCUT2D eigenvalue weighted by Gasteiger charge is -2.04. The molecule has 0 aliphatic rings. The second kappa shape index (κ2) is 8.52. The van der Waals surface area contributed by atoms with Gasteiger partial charge >= 0.3 is 6.01 Å². The predicted octanol–water partition coefficient (Wildman–Crippen LogP) is 3.74. The van der Waals surface area contributed by atoms with Crippen LogP contribution in [-0.2, 0) is 0 Å². The number of hydrazine groups is 1. The van der Waals surface area contributed by atoms with Gasteiger partial charge in [0.25, 0.3) is 5.91 Å². The van der Waals surface area contributed by atoms with Crippen LogP contribution in [0.15, 0.2) is 95.9 Å². The van der Waals surface area contributed by atoms with E-state index in [1.165, 1.54) is 0 Å². The molecule has 3 heterocycles. The highest BCUT2D eigenvalue weighted by Gasteiger charge is 2.19. The molecule has 1 amide bonds. The summed E-state index contributed by atoms with van der Waals surface area (Å²) in [5, 5.41) is 8.54. The summed E-state index contributed by atoms with van der Waals surface area (Å²) in [5.74, 6) is -0.0132. The molecule has 0 bridgehead atoms. The average molecular weight is 423 g/mol. The number of aromatic nitrogens is 5. The smallest absolute Gasteiger partial charge is 0.313 e. The highest BCUT2D eigenvalue weighted by Crippen LogP contribution is 2.24. The minimum Gasteiger partial charge on any atom is -0.313 e. The highest BCUT2D eigenvalue weighted by atomic mass is 16.5. The van der Waals surface area contributed by atoms with Crippen LogP contribution in [-0.4, -0.2) is 30.8 Å². The summed E-state index contributed by atoms with van der Waals surface area (Å²) < 4.78 is 6.84. The molecule has 32 heavy (non-hydrogen) atoms. The molecule has 0 radical (unpaired) electrons. The number of carbonyl (C=O) groups is 1. The second-order valence-corrected chi connectivity index (χ2v) is 6.78. The van der Waals surface area contributed by atoms with Crippen LogP contribution in [0.4, 0.5) is 6.01 Å². The molecule has 5 rings (SSSR count). The van der Waals surface area contributed by atoms with Crippen molar-refractivity contribution in [2.75, 3.05) is 5.43 Å². The Labute approximate surface area is 182 Å². The summed E-state index contributed by atoms with van der Waals surface area (Å²) in [4.78, 5) is 21.2. The van der Waals surface area contributed by atoms with E-state index in [0.717, 1.165) is 16.8 Å². The van der Waals surface area contributed by atoms with Crippen LogP contribution < -0.4 is 10.9 Å². The zero-order valence-electron chi connectivity index (χ0n) is 16.7. The number of hydrogen-bond donors (Lipinski definition) is 2. The fourth-order valence-electron chi connectivity index (χ4n) is 3.13. The van der Waals surface area contributed by atoms with Crippen molar-refractivity contribution in [2.24, 2.45) is 0 Å². The predicted molar refractivity (Wildman–Crippen MR) is 118 cm³/mol. The van der Waals surface area contributed by atoms with Gasteiger partial charge in [-0.1, -0.05) is 53.7 Å². The monoisotopic (exact) mass is 423 g/mol. The van der Waals surface area contributed by atoms with Crippen LogP contribution in [0.2, 0.25) is 0 Å². The van der Waals surface area contributed by atoms with Crippen molar-refractivity contribution in [3.05, 3.63) is 97.0 Å². The van der Waals surface area contributed by atoms with Gasteiger partial charge < -0.3 is 4.52 Å². The molecule has 9 nitrogen and oxygen atoms in total. The van der Waals surface area contributed by atoms with E-state index in [-0.39, 0.29) is 6.01 Å². The number of benzene rings is 2. The summed E-state index contributed by atoms with van der Waals surface area (Å²) in [6, 6.07) is 22.7. The van der Waals surface area contributed by atoms with Crippen LogP contribution in [0.3, 0.4) is 0 Å². The van der Waals surface area contributed by atoms with Gasteiger partial charge in [-0.3, -0.25) is 15.2 Å². The quantitative estimate of drug-likeness (QED) is 0.400. The van der Waals surface area contributed by atoms with E-state index in [1.54, 1.807) is 35.4 Å². The molecule has 0 atom stereocenters. The van der Waals surface area contributed by atoms with E-state index in [2.05, 4.69) is 31.1 Å². The van der Waals surface area contributed by atoms with Gasteiger partial charge in [0.05, 0.1) is 11.3 Å². The molecule has 2 aromatic carbocycles. The third kappa shape index (κ3) is 3.94. The molecule has 9 heteroatoms. The van der Waals surface area contributed by atoms with E-state index in [9.17, 15) is 4.79 Å². The first kappa shape index (κ1) is 19.2. The number of anilines is 1. The Morgan fingerprint density at radius 1 is 0.875 bits per heavy atom. The van der Waals surface area contributed by atoms with Crippen molar-refractivity contribution < 1.29 is 9.32 Å². The Morgan fingerprint density at radius 3 is 2.34 bits per heavy atom. The summed E-state index contributed by atoms with van der Waals surface area (Å²) >= 11 is 0. The minimum absolute atomic E-state index is 0.0573. The number of nitrogens with zero attached hydrogens (tertiary/aromatic N) is 5. The number of nitrogens with one attached hydrogen (secondary N) is 2. The van der Waals surface area contributed by atoms with Crippen molar-refractivity contribution in [1.82, 2.24) is 30.3 Å². The van der Waals surface area contributed by atoms with Gasteiger partial charge in [-0.15, -0.1) is 0 Å². The molecule has 156 valence electrons. The molecule has 0 fully saturated rings. The molecule has 0 unspecified atom stereocenters. The largest absolute Gasteiger partial charge is 0.340 e. The minimum atomic E-state index is -0.394. The first-order valence-electron chi connectivity index (χ1n) is 9.79. The Hall–Kier alpha value is -4.79. The normalized spacial score (nSPS) is 10.6. The van der Waals surface area contributed by atoms with Gasteiger partial charge in [0, 0.05) is 29.7 Å². The molecule has 2 N–H and O–H groups in total. The van der Waals surface area contributed by atoms with Crippen molar-refractivity contribution >= 4 is 11.9 Å². The number of pyridine rings is 1. The Bertz CT molecular complexity index is 1330. The van der Waals surface area contributed by atoms with Gasteiger partial charge in [0.15, 0.2) is 0 Å². The van der Waals surface area contributed by atoms with Crippen LogP contribution in [0.5, 0.6) is 0 Å². The highest BCUT2D eigenvalue weighted by molar-refractivity contribution is 6.00. The fraction of sp³-hybridized carbons (Fsp3) is 0. The van der Waals surface area contributed by atoms with Crippen LogP contribution in [0, 0.1) is 0 Å². The standard InChI is InChI=1S/C23H17N7O2/c31-22(26-27-23-25-21(29-32-23)17-11-13-24-14-12-17)19-15-30(18-9-5-2-6-10-18)28-20(19)16-7-3-1-4-8-16/h1-15H,(H,26,31)(H,25,27,29). The maximum absolute atomic E-state index is 13.0. The first-order chi connectivity index (χ1) is 15.8. The van der Waals surface area contributed by atoms with E-state index in [0.29, 0.717) is 17.1 Å². The van der Waals surface area contributed by atoms with Crippen molar-refractivity contribution in [1.29, 1.82) is 0 Å². The third-order valence-corrected chi connectivity index (χ3v) is 4.67. The molecule has 3 aromatic heterocycles. The average Bonchev–Trinajstić information content (AvgIpc) is 3.52. The topological polar surface area (TPSA) is 111 Å². The van der Waals surface area contributed by atoms with Crippen LogP contribution >= 0.6 is 0 Å². The van der Waals surface area contributed by atoms with Gasteiger partial charge in [-0.25, -0.2) is 10.1 Å². The lowest BCUT2D eigenvalue weighted by atomic mass is 10.1. The lowest BCUT2D eigenvalue weighted by Crippen LogP contribution is -2.29. The molecule has 0 saturated heterocycles. The van der Waals surface area contributed by atoms with Crippen LogP contribution in [0.25, 0.3) is 28.3 Å². The number of para-hydroxylation sites is 1. The number of rotatable bonds is 6. The molecular weight excluding hydrogens is 406 g/mol. The summed E-state index contributed by atoms with van der Waals surface area (Å²) in [6.07, 6.45) is 4.96. The summed E-state index contributed by atoms with van der Waals surface area (Å²) in [6.45, 7) is 0. The van der Waals surface area contributed by atoms with Crippen molar-refractivity contribution in [3.8, 4) is 28.3 Å². The van der Waals surface area contributed by atoms with E-state index in [4.69, 9.17) is 4.52 Å². The first-order valence-corrected chi connectivity index (χ1v) is 9.79. The van der Waals surface area contributed by atoms with Crippen molar-refractivity contribution in [3.63, 3.8) is 0 Å². The third-order valence-electron chi connectivity index (χ3n) is 4.67. The maximum Gasteiger partial charge on any atom is 0.340 e. The van der Waals surface area contributed by atoms with Gasteiger partial charge in [0.1, 0.15) is 5.69 Å². The van der Waals surface area contributed by atoms with E-state index >= 15 is 0 Å². The summed E-state index contributed by atoms with van der Waals surface area (Å²) in [5.41, 5.74) is 8.63. The maximum atomic E-state index is 13.0. The SMILES string of the molecule is O=C(NNc1nc(-c2ccncc2)no1)c1cn(-c2ccccc2)nc1-c1ccccc1. The van der Waals surface area contributed by atoms with Crippen LogP contribution in [0.1, 0.15) is 10.4 Å². The molecule has 0 aliphatic carbocycles. The molecule has 5 aromatic rings. The Balaban J connectivity index is 1.39. The summed E-state index contributed by atoms with van der Waals surface area (Å²) in [7, 11) is 0. The Morgan fingerprint density at radius 2 is 1.59 bits per heavy atom. The number of hydrogen-bond acceptors (Lipinski definition) is 7.